The van der Waals surface area contributed by atoms with E-state index in [-0.39, 0.29) is 5.97 Å². The Hall–Kier alpha value is -3.60. The molecule has 2 aromatic rings. The molecule has 0 saturated heterocycles. The summed E-state index contributed by atoms with van der Waals surface area (Å²) < 4.78 is 11.9. The predicted octanol–water partition coefficient (Wildman–Crippen LogP) is 6.51. The molecule has 0 amide bonds. The number of carbonyl (C=O) groups excluding carboxylic acids is 1. The fraction of sp³-hybridized carbons (Fsp3) is 0.286. The Bertz CT molecular complexity index is 1310. The first-order valence-corrected chi connectivity index (χ1v) is 11.7. The Morgan fingerprint density at radius 1 is 1.00 bits per heavy atom. The fourth-order valence-electron chi connectivity index (χ4n) is 4.03. The number of nitrogens with one attached hydrogen (secondary N) is 1. The smallest absolute Gasteiger partial charge is 0.338 e. The topological polar surface area (TPSA) is 63.8 Å². The highest BCUT2D eigenvalue weighted by molar-refractivity contribution is 6.08. The Kier molecular flexibility index (Phi) is 7.08. The van der Waals surface area contributed by atoms with Crippen LogP contribution < -0.4 is 10.7 Å². The minimum atomic E-state index is -0.303. The molecule has 0 unspecified atom stereocenters. The van der Waals surface area contributed by atoms with Crippen molar-refractivity contribution in [2.75, 3.05) is 25.0 Å². The van der Waals surface area contributed by atoms with E-state index in [1.807, 2.05) is 61.5 Å². The van der Waals surface area contributed by atoms with Crippen LogP contribution in [0.2, 0.25) is 0 Å². The standard InChI is InChI=1S/C28H30N2O3/c1-4-7-16-32-28(31)22-11-9-8-10-21(22)27-23-14-12-19(29-5-2)17-25(23)33-26-18-20(30-6-3)13-15-24(26)27/h8-15,17-18,29H,4-7,16H2,1-3H3. The molecule has 1 aliphatic heterocycles. The third kappa shape index (κ3) is 4.77. The molecule has 2 aromatic carbocycles. The first kappa shape index (κ1) is 22.6. The van der Waals surface area contributed by atoms with Gasteiger partial charge in [-0.3, -0.25) is 4.99 Å². The predicted molar refractivity (Wildman–Crippen MR) is 134 cm³/mol. The molecule has 0 bridgehead atoms. The lowest BCUT2D eigenvalue weighted by molar-refractivity contribution is 0.0500. The van der Waals surface area contributed by atoms with Crippen molar-refractivity contribution in [2.45, 2.75) is 33.6 Å². The summed E-state index contributed by atoms with van der Waals surface area (Å²) in [6.45, 7) is 8.08. The highest BCUT2D eigenvalue weighted by Crippen LogP contribution is 2.41. The van der Waals surface area contributed by atoms with Crippen LogP contribution in [0.4, 0.5) is 5.69 Å². The normalized spacial score (nSPS) is 11.8. The maximum Gasteiger partial charge on any atom is 0.338 e. The highest BCUT2D eigenvalue weighted by atomic mass is 16.5. The van der Waals surface area contributed by atoms with E-state index >= 15 is 0 Å². The molecule has 1 heterocycles. The maximum atomic E-state index is 13.0. The molecule has 0 fully saturated rings. The van der Waals surface area contributed by atoms with Gasteiger partial charge < -0.3 is 14.5 Å². The van der Waals surface area contributed by atoms with Gasteiger partial charge in [0.15, 0.2) is 0 Å². The van der Waals surface area contributed by atoms with Gasteiger partial charge in [0.2, 0.25) is 0 Å². The summed E-state index contributed by atoms with van der Waals surface area (Å²) in [5.41, 5.74) is 5.02. The van der Waals surface area contributed by atoms with Gasteiger partial charge >= 0.3 is 5.97 Å². The van der Waals surface area contributed by atoms with Crippen LogP contribution in [-0.4, -0.2) is 25.7 Å². The number of rotatable bonds is 8. The van der Waals surface area contributed by atoms with Gasteiger partial charge in [0.05, 0.1) is 17.5 Å². The zero-order valence-corrected chi connectivity index (χ0v) is 19.5. The summed E-state index contributed by atoms with van der Waals surface area (Å²) in [5, 5.41) is 5.16. The summed E-state index contributed by atoms with van der Waals surface area (Å²) in [5.74, 6) is 0.429. The summed E-state index contributed by atoms with van der Waals surface area (Å²) in [4.78, 5) is 17.5. The van der Waals surface area contributed by atoms with Crippen LogP contribution in [0.5, 0.6) is 0 Å². The van der Waals surface area contributed by atoms with E-state index < -0.39 is 0 Å². The summed E-state index contributed by atoms with van der Waals surface area (Å²) >= 11 is 0. The second-order valence-corrected chi connectivity index (χ2v) is 7.91. The minimum absolute atomic E-state index is 0.303. The third-order valence-corrected chi connectivity index (χ3v) is 5.57. The lowest BCUT2D eigenvalue weighted by Crippen LogP contribution is -2.09. The van der Waals surface area contributed by atoms with Crippen molar-refractivity contribution in [3.63, 3.8) is 0 Å². The summed E-state index contributed by atoms with van der Waals surface area (Å²) in [7, 11) is 0. The monoisotopic (exact) mass is 442 g/mol. The Morgan fingerprint density at radius 2 is 1.85 bits per heavy atom. The van der Waals surface area contributed by atoms with E-state index in [0.29, 0.717) is 18.7 Å². The highest BCUT2D eigenvalue weighted by Gasteiger charge is 2.22. The quantitative estimate of drug-likeness (QED) is 0.192. The van der Waals surface area contributed by atoms with Gasteiger partial charge in [-0.2, -0.15) is 0 Å². The van der Waals surface area contributed by atoms with Crippen LogP contribution in [0.1, 0.15) is 44.0 Å². The molecule has 0 spiro atoms. The molecule has 4 rings (SSSR count). The SMILES string of the molecule is CCCCOC(=O)c1ccccc1-c1c2ccc(=NCC)cc-2oc2cc(NCC)ccc12. The van der Waals surface area contributed by atoms with Crippen LogP contribution in [-0.2, 0) is 4.74 Å². The first-order chi connectivity index (χ1) is 16.2. The zero-order chi connectivity index (χ0) is 23.2. The average Bonchev–Trinajstić information content (AvgIpc) is 2.83. The van der Waals surface area contributed by atoms with Crippen molar-refractivity contribution in [3.8, 4) is 22.5 Å². The Labute approximate surface area is 194 Å². The van der Waals surface area contributed by atoms with E-state index in [9.17, 15) is 4.79 Å². The van der Waals surface area contributed by atoms with Gasteiger partial charge in [-0.25, -0.2) is 4.79 Å². The zero-order valence-electron chi connectivity index (χ0n) is 19.5. The number of hydrogen-bond donors (Lipinski definition) is 1. The van der Waals surface area contributed by atoms with Crippen molar-refractivity contribution < 1.29 is 13.9 Å². The van der Waals surface area contributed by atoms with Crippen molar-refractivity contribution in [1.82, 2.24) is 0 Å². The lowest BCUT2D eigenvalue weighted by Gasteiger charge is -2.18. The van der Waals surface area contributed by atoms with E-state index in [2.05, 4.69) is 30.2 Å². The Balaban J connectivity index is 1.98. The molecule has 0 aromatic heterocycles. The maximum absolute atomic E-state index is 13.0. The number of ether oxygens (including phenoxy) is 1. The number of esters is 1. The molecule has 2 aliphatic rings. The molecular weight excluding hydrogens is 412 g/mol. The fourth-order valence-corrected chi connectivity index (χ4v) is 4.03. The van der Waals surface area contributed by atoms with E-state index in [4.69, 9.17) is 9.15 Å². The van der Waals surface area contributed by atoms with Gasteiger partial charge in [0.1, 0.15) is 11.3 Å². The number of unbranched alkanes of at least 4 members (excludes halogenated alkanes) is 1. The number of carbonyl (C=O) groups is 1. The largest absolute Gasteiger partial charge is 0.462 e. The van der Waals surface area contributed by atoms with Crippen molar-refractivity contribution in [3.05, 3.63) is 71.6 Å². The van der Waals surface area contributed by atoms with E-state index in [1.165, 1.54) is 0 Å². The molecule has 5 heteroatoms. The van der Waals surface area contributed by atoms with Gasteiger partial charge in [-0.05, 0) is 56.2 Å². The van der Waals surface area contributed by atoms with Crippen molar-refractivity contribution in [2.24, 2.45) is 4.99 Å². The van der Waals surface area contributed by atoms with Crippen molar-refractivity contribution >= 4 is 22.6 Å². The van der Waals surface area contributed by atoms with Crippen LogP contribution >= 0.6 is 0 Å². The second-order valence-electron chi connectivity index (χ2n) is 7.91. The van der Waals surface area contributed by atoms with Crippen molar-refractivity contribution in [1.29, 1.82) is 0 Å². The molecule has 0 atom stereocenters. The molecule has 1 aliphatic carbocycles. The van der Waals surface area contributed by atoms with Crippen LogP contribution in [0.3, 0.4) is 0 Å². The number of nitrogens with zero attached hydrogens (tertiary/aromatic N) is 1. The summed E-state index contributed by atoms with van der Waals surface area (Å²) in [6, 6.07) is 19.7. The minimum Gasteiger partial charge on any atom is -0.462 e. The van der Waals surface area contributed by atoms with Gasteiger partial charge in [-0.1, -0.05) is 31.5 Å². The molecule has 170 valence electrons. The third-order valence-electron chi connectivity index (χ3n) is 5.57. The van der Waals surface area contributed by atoms with E-state index in [1.54, 1.807) is 0 Å². The van der Waals surface area contributed by atoms with Gasteiger partial charge in [-0.15, -0.1) is 0 Å². The van der Waals surface area contributed by atoms with Gasteiger partial charge in [0, 0.05) is 47.4 Å². The van der Waals surface area contributed by atoms with Gasteiger partial charge in [0.25, 0.3) is 0 Å². The number of anilines is 1. The number of fused-ring (bicyclic) bond motifs is 2. The van der Waals surface area contributed by atoms with Crippen LogP contribution in [0.15, 0.2) is 70.1 Å². The summed E-state index contributed by atoms with van der Waals surface area (Å²) in [6.07, 6.45) is 1.82. The van der Waals surface area contributed by atoms with Crippen LogP contribution in [0.25, 0.3) is 33.4 Å². The molecular formula is C28H30N2O3. The lowest BCUT2D eigenvalue weighted by atomic mass is 9.90. The number of hydrogen-bond acceptors (Lipinski definition) is 5. The second kappa shape index (κ2) is 10.3. The molecule has 0 saturated carbocycles. The van der Waals surface area contributed by atoms with E-state index in [0.717, 1.165) is 63.9 Å². The molecule has 5 nitrogen and oxygen atoms in total. The number of benzene rings is 3. The van der Waals surface area contributed by atoms with Crippen LogP contribution in [0, 0.1) is 0 Å². The first-order valence-electron chi connectivity index (χ1n) is 11.7. The Morgan fingerprint density at radius 3 is 2.64 bits per heavy atom. The molecule has 1 N–H and O–H groups in total. The molecule has 33 heavy (non-hydrogen) atoms. The average molecular weight is 443 g/mol. The molecule has 0 radical (unpaired) electrons.